The minimum atomic E-state index is 0.878. The van der Waals surface area contributed by atoms with E-state index in [1.165, 1.54) is 19.3 Å². The van der Waals surface area contributed by atoms with Crippen LogP contribution >= 0.6 is 0 Å². The second-order valence-corrected chi connectivity index (χ2v) is 3.73. The van der Waals surface area contributed by atoms with Gasteiger partial charge in [-0.15, -0.1) is 0 Å². The maximum atomic E-state index is 2.46. The van der Waals surface area contributed by atoms with Gasteiger partial charge in [0.15, 0.2) is 0 Å². The van der Waals surface area contributed by atoms with E-state index in [0.29, 0.717) is 0 Å². The number of hydrogen-bond donors (Lipinski definition) is 0. The number of allylic oxidation sites excluding steroid dienone is 2. The Hall–Kier alpha value is -0.260. The number of rotatable bonds is 1. The summed E-state index contributed by atoms with van der Waals surface area (Å²) in [4.78, 5) is 0. The highest BCUT2D eigenvalue weighted by atomic mass is 14.2. The van der Waals surface area contributed by atoms with Crippen LogP contribution in [0.3, 0.4) is 0 Å². The van der Waals surface area contributed by atoms with Gasteiger partial charge in [-0.25, -0.2) is 0 Å². The van der Waals surface area contributed by atoms with Crippen LogP contribution in [0.1, 0.15) is 40.0 Å². The van der Waals surface area contributed by atoms with Gasteiger partial charge in [-0.3, -0.25) is 0 Å². The molecule has 0 heterocycles. The molecule has 1 aliphatic carbocycles. The van der Waals surface area contributed by atoms with E-state index in [2.05, 4.69) is 26.8 Å². The molecule has 0 saturated heterocycles. The van der Waals surface area contributed by atoms with E-state index in [1.54, 1.807) is 5.57 Å². The molecule has 1 rings (SSSR count). The Morgan fingerprint density at radius 1 is 1.60 bits per heavy atom. The molecule has 0 aromatic rings. The van der Waals surface area contributed by atoms with Gasteiger partial charge in [-0.05, 0) is 38.0 Å². The van der Waals surface area contributed by atoms with E-state index in [-0.39, 0.29) is 0 Å². The zero-order chi connectivity index (χ0) is 7.56. The van der Waals surface area contributed by atoms with E-state index in [0.717, 1.165) is 11.8 Å². The van der Waals surface area contributed by atoms with Gasteiger partial charge in [0.05, 0.1) is 0 Å². The predicted octanol–water partition coefficient (Wildman–Crippen LogP) is 3.39. The van der Waals surface area contributed by atoms with Crippen LogP contribution in [0.25, 0.3) is 0 Å². The Morgan fingerprint density at radius 2 is 2.30 bits per heavy atom. The quantitative estimate of drug-likeness (QED) is 0.487. The second kappa shape index (κ2) is 3.23. The fourth-order valence-corrected chi connectivity index (χ4v) is 1.97. The molecule has 0 aliphatic heterocycles. The lowest BCUT2D eigenvalue weighted by atomic mass is 9.83. The van der Waals surface area contributed by atoms with Gasteiger partial charge >= 0.3 is 0 Å². The highest BCUT2D eigenvalue weighted by Gasteiger charge is 2.14. The first-order valence-electron chi connectivity index (χ1n) is 4.39. The van der Waals surface area contributed by atoms with Crippen LogP contribution < -0.4 is 0 Å². The van der Waals surface area contributed by atoms with Crippen LogP contribution in [0.2, 0.25) is 0 Å². The largest absolute Gasteiger partial charge is 0.0825 e. The predicted molar refractivity (Wildman–Crippen MR) is 45.9 cm³/mol. The summed E-state index contributed by atoms with van der Waals surface area (Å²) in [6, 6.07) is 0. The second-order valence-electron chi connectivity index (χ2n) is 3.73. The van der Waals surface area contributed by atoms with Gasteiger partial charge in [-0.2, -0.15) is 0 Å². The fourth-order valence-electron chi connectivity index (χ4n) is 1.97. The first-order valence-corrected chi connectivity index (χ1v) is 4.39. The van der Waals surface area contributed by atoms with E-state index in [9.17, 15) is 0 Å². The van der Waals surface area contributed by atoms with E-state index < -0.39 is 0 Å². The van der Waals surface area contributed by atoms with Crippen molar-refractivity contribution in [2.75, 3.05) is 0 Å². The molecule has 10 heavy (non-hydrogen) atoms. The molecule has 0 heteroatoms. The fraction of sp³-hybridized carbons (Fsp3) is 0.800. The summed E-state index contributed by atoms with van der Waals surface area (Å²) >= 11 is 0. The summed E-state index contributed by atoms with van der Waals surface area (Å²) in [6.45, 7) is 6.91. The van der Waals surface area contributed by atoms with Crippen LogP contribution in [0.4, 0.5) is 0 Å². The molecule has 1 aliphatic rings. The summed E-state index contributed by atoms with van der Waals surface area (Å²) in [5.74, 6) is 1.80. The highest BCUT2D eigenvalue weighted by Crippen LogP contribution is 2.28. The maximum absolute atomic E-state index is 2.46. The minimum Gasteiger partial charge on any atom is -0.0825 e. The Bertz CT molecular complexity index is 133. The lowest BCUT2D eigenvalue weighted by Crippen LogP contribution is -2.09. The average molecular weight is 138 g/mol. The lowest BCUT2D eigenvalue weighted by Gasteiger charge is -2.23. The molecule has 0 aromatic heterocycles. The summed E-state index contributed by atoms with van der Waals surface area (Å²) in [5, 5.41) is 0. The molecule has 0 fully saturated rings. The molecular weight excluding hydrogens is 120 g/mol. The van der Waals surface area contributed by atoms with Crippen LogP contribution in [-0.4, -0.2) is 0 Å². The van der Waals surface area contributed by atoms with Crippen LogP contribution in [0.5, 0.6) is 0 Å². The lowest BCUT2D eigenvalue weighted by molar-refractivity contribution is 0.407. The van der Waals surface area contributed by atoms with Crippen molar-refractivity contribution in [3.05, 3.63) is 11.6 Å². The molecule has 0 radical (unpaired) electrons. The van der Waals surface area contributed by atoms with Crippen molar-refractivity contribution in [1.82, 2.24) is 0 Å². The van der Waals surface area contributed by atoms with E-state index in [4.69, 9.17) is 0 Å². The molecule has 0 spiro atoms. The van der Waals surface area contributed by atoms with Crippen molar-refractivity contribution in [2.45, 2.75) is 40.0 Å². The summed E-state index contributed by atoms with van der Waals surface area (Å²) in [6.07, 6.45) is 6.52. The molecule has 2 atom stereocenters. The van der Waals surface area contributed by atoms with Crippen molar-refractivity contribution in [2.24, 2.45) is 11.8 Å². The zero-order valence-electron chi connectivity index (χ0n) is 7.35. The van der Waals surface area contributed by atoms with Crippen molar-refractivity contribution >= 4 is 0 Å². The smallest absolute Gasteiger partial charge is 0.0231 e. The molecule has 0 aromatic carbocycles. The highest BCUT2D eigenvalue weighted by molar-refractivity contribution is 5.05. The molecule has 0 N–H and O–H groups in total. The molecule has 0 nitrogen and oxygen atoms in total. The van der Waals surface area contributed by atoms with Crippen molar-refractivity contribution in [3.8, 4) is 0 Å². The zero-order valence-corrected chi connectivity index (χ0v) is 7.35. The Labute approximate surface area is 64.3 Å². The Kier molecular flexibility index (Phi) is 2.53. The Morgan fingerprint density at radius 3 is 2.80 bits per heavy atom. The van der Waals surface area contributed by atoms with E-state index >= 15 is 0 Å². The summed E-state index contributed by atoms with van der Waals surface area (Å²) < 4.78 is 0. The first-order chi connectivity index (χ1) is 4.72. The van der Waals surface area contributed by atoms with Crippen LogP contribution in [0.15, 0.2) is 11.6 Å². The average Bonchev–Trinajstić information content (AvgIpc) is 1.85. The standard InChI is InChI=1S/C10H18/c1-4-10-6-8(2)5-9(3)7-10/h6,9-10H,4-5,7H2,1-3H3. The molecule has 0 amide bonds. The van der Waals surface area contributed by atoms with Gasteiger partial charge in [-0.1, -0.05) is 25.5 Å². The molecular formula is C10H18. The Balaban J connectivity index is 2.55. The van der Waals surface area contributed by atoms with Gasteiger partial charge in [0, 0.05) is 0 Å². The van der Waals surface area contributed by atoms with Crippen LogP contribution in [-0.2, 0) is 0 Å². The van der Waals surface area contributed by atoms with E-state index in [1.807, 2.05) is 0 Å². The minimum absolute atomic E-state index is 0.878. The monoisotopic (exact) mass is 138 g/mol. The molecule has 0 bridgehead atoms. The molecule has 2 unspecified atom stereocenters. The molecule has 0 saturated carbocycles. The first kappa shape index (κ1) is 7.84. The van der Waals surface area contributed by atoms with Gasteiger partial charge in [0.2, 0.25) is 0 Å². The molecule has 58 valence electrons. The maximum Gasteiger partial charge on any atom is -0.0231 e. The van der Waals surface area contributed by atoms with Crippen molar-refractivity contribution in [3.63, 3.8) is 0 Å². The topological polar surface area (TPSA) is 0 Å². The van der Waals surface area contributed by atoms with Crippen molar-refractivity contribution in [1.29, 1.82) is 0 Å². The van der Waals surface area contributed by atoms with Gasteiger partial charge in [0.1, 0.15) is 0 Å². The van der Waals surface area contributed by atoms with Crippen LogP contribution in [0, 0.1) is 11.8 Å². The third kappa shape index (κ3) is 1.86. The summed E-state index contributed by atoms with van der Waals surface area (Å²) in [7, 11) is 0. The van der Waals surface area contributed by atoms with Gasteiger partial charge < -0.3 is 0 Å². The normalized spacial score (nSPS) is 33.7. The summed E-state index contributed by atoms with van der Waals surface area (Å²) in [5.41, 5.74) is 1.60. The van der Waals surface area contributed by atoms with Crippen molar-refractivity contribution < 1.29 is 0 Å². The third-order valence-electron chi connectivity index (χ3n) is 2.42. The van der Waals surface area contributed by atoms with Gasteiger partial charge in [0.25, 0.3) is 0 Å². The third-order valence-corrected chi connectivity index (χ3v) is 2.42. The number of hydrogen-bond acceptors (Lipinski definition) is 0. The SMILES string of the molecule is CCC1C=C(C)CC(C)C1.